The molecule has 2 aromatic carbocycles. The first-order valence-corrected chi connectivity index (χ1v) is 10.0. The summed E-state index contributed by atoms with van der Waals surface area (Å²) in [6.07, 6.45) is 1.95. The Morgan fingerprint density at radius 2 is 1.86 bits per heavy atom. The van der Waals surface area contributed by atoms with Crippen LogP contribution in [0.25, 0.3) is 10.9 Å². The molecule has 0 fully saturated rings. The van der Waals surface area contributed by atoms with Crippen LogP contribution in [-0.4, -0.2) is 41.4 Å². The molecule has 28 heavy (non-hydrogen) atoms. The second kappa shape index (κ2) is 8.85. The minimum absolute atomic E-state index is 0.0403. The summed E-state index contributed by atoms with van der Waals surface area (Å²) in [5.41, 5.74) is 7.11. The lowest BCUT2D eigenvalue weighted by atomic mass is 10.1. The summed E-state index contributed by atoms with van der Waals surface area (Å²) < 4.78 is 34.8. The smallest absolute Gasteiger partial charge is 0.320 e. The van der Waals surface area contributed by atoms with Crippen LogP contribution in [0.1, 0.15) is 12.5 Å². The van der Waals surface area contributed by atoms with Crippen LogP contribution in [-0.2, 0) is 21.1 Å². The van der Waals surface area contributed by atoms with Crippen LogP contribution < -0.4 is 5.73 Å². The van der Waals surface area contributed by atoms with Gasteiger partial charge in [0.1, 0.15) is 17.6 Å². The third kappa shape index (κ3) is 5.30. The van der Waals surface area contributed by atoms with E-state index in [4.69, 9.17) is 10.8 Å². The number of hydrogen-bond acceptors (Lipinski definition) is 5. The van der Waals surface area contributed by atoms with E-state index in [1.807, 2.05) is 0 Å². The average molecular weight is 408 g/mol. The number of H-pyrrole nitrogens is 1. The molecule has 0 amide bonds. The van der Waals surface area contributed by atoms with Crippen molar-refractivity contribution in [2.24, 2.45) is 5.73 Å². The Morgan fingerprint density at radius 1 is 1.21 bits per heavy atom. The molecule has 0 bridgehead atoms. The van der Waals surface area contributed by atoms with Crippen LogP contribution in [0.2, 0.25) is 0 Å². The standard InChI is InChI=1S/C11H12N2O3.C8H9FO2S/c12-9(11(15)16)3-6-5-13-10-2-1-7(14)4-8(6)10;1-2-12(10,11)8-5-3-7(9)4-6-8/h1-2,4-5,9,13-14H,3,12H2,(H,15,16);3-6H,2H2,1H3. The van der Waals surface area contributed by atoms with Gasteiger partial charge in [-0.1, -0.05) is 6.92 Å². The fraction of sp³-hybridized carbons (Fsp3) is 0.211. The second-order valence-corrected chi connectivity index (χ2v) is 8.33. The lowest BCUT2D eigenvalue weighted by Crippen LogP contribution is -2.32. The van der Waals surface area contributed by atoms with E-state index < -0.39 is 27.7 Å². The number of fused-ring (bicyclic) bond motifs is 1. The van der Waals surface area contributed by atoms with Crippen molar-refractivity contribution in [3.63, 3.8) is 0 Å². The quantitative estimate of drug-likeness (QED) is 0.479. The Labute approximate surface area is 161 Å². The number of aromatic nitrogens is 1. The van der Waals surface area contributed by atoms with E-state index in [1.165, 1.54) is 12.1 Å². The zero-order chi connectivity index (χ0) is 20.9. The van der Waals surface area contributed by atoms with Gasteiger partial charge in [0.2, 0.25) is 0 Å². The van der Waals surface area contributed by atoms with Gasteiger partial charge < -0.3 is 20.9 Å². The normalized spacial score (nSPS) is 12.2. The van der Waals surface area contributed by atoms with E-state index in [-0.39, 0.29) is 22.8 Å². The van der Waals surface area contributed by atoms with Crippen LogP contribution in [0.4, 0.5) is 4.39 Å². The van der Waals surface area contributed by atoms with Crippen LogP contribution in [0.3, 0.4) is 0 Å². The molecule has 0 aliphatic carbocycles. The molecule has 1 heterocycles. The van der Waals surface area contributed by atoms with Gasteiger partial charge in [-0.05, 0) is 48.0 Å². The molecule has 0 aliphatic rings. The SMILES string of the molecule is CCS(=O)(=O)c1ccc(F)cc1.NC(Cc1c[nH]c2ccc(O)cc12)C(=O)O. The molecule has 0 saturated carbocycles. The third-order valence-electron chi connectivity index (χ3n) is 4.06. The van der Waals surface area contributed by atoms with Gasteiger partial charge >= 0.3 is 5.97 Å². The molecule has 0 spiro atoms. The van der Waals surface area contributed by atoms with Gasteiger partial charge in [0, 0.05) is 23.5 Å². The molecule has 1 atom stereocenters. The number of nitrogens with two attached hydrogens (primary N) is 1. The number of phenolic OH excluding ortho intramolecular Hbond substituents is 1. The Balaban J connectivity index is 0.000000209. The van der Waals surface area contributed by atoms with Crippen molar-refractivity contribution in [1.29, 1.82) is 0 Å². The van der Waals surface area contributed by atoms with Crippen molar-refractivity contribution in [2.45, 2.75) is 24.3 Å². The molecule has 1 unspecified atom stereocenters. The van der Waals surface area contributed by atoms with Gasteiger partial charge in [-0.3, -0.25) is 4.79 Å². The lowest BCUT2D eigenvalue weighted by molar-refractivity contribution is -0.138. The zero-order valence-corrected chi connectivity index (χ0v) is 15.9. The van der Waals surface area contributed by atoms with Crippen molar-refractivity contribution < 1.29 is 27.8 Å². The predicted molar refractivity (Wildman–Crippen MR) is 103 cm³/mol. The van der Waals surface area contributed by atoms with E-state index in [2.05, 4.69) is 4.98 Å². The summed E-state index contributed by atoms with van der Waals surface area (Å²) in [5.74, 6) is -1.27. The molecule has 1 aromatic heterocycles. The minimum atomic E-state index is -3.18. The maximum Gasteiger partial charge on any atom is 0.320 e. The Bertz CT molecular complexity index is 1060. The maximum atomic E-state index is 12.4. The van der Waals surface area contributed by atoms with Gasteiger partial charge in [-0.2, -0.15) is 0 Å². The number of aromatic amines is 1. The van der Waals surface area contributed by atoms with Crippen molar-refractivity contribution in [3.05, 3.63) is 60.0 Å². The van der Waals surface area contributed by atoms with Gasteiger partial charge in [-0.15, -0.1) is 0 Å². The van der Waals surface area contributed by atoms with E-state index in [0.29, 0.717) is 0 Å². The summed E-state index contributed by atoms with van der Waals surface area (Å²) in [6.45, 7) is 1.55. The lowest BCUT2D eigenvalue weighted by Gasteiger charge is -2.04. The first kappa shape index (κ1) is 21.4. The molecule has 0 saturated heterocycles. The largest absolute Gasteiger partial charge is 0.508 e. The summed E-state index contributed by atoms with van der Waals surface area (Å²) in [6, 6.07) is 8.80. The Hall–Kier alpha value is -2.91. The zero-order valence-electron chi connectivity index (χ0n) is 15.1. The highest BCUT2D eigenvalue weighted by Crippen LogP contribution is 2.23. The predicted octanol–water partition coefficient (Wildman–Crippen LogP) is 2.45. The van der Waals surface area contributed by atoms with E-state index in [9.17, 15) is 22.7 Å². The highest BCUT2D eigenvalue weighted by atomic mass is 32.2. The molecule has 150 valence electrons. The summed E-state index contributed by atoms with van der Waals surface area (Å²) >= 11 is 0. The maximum absolute atomic E-state index is 12.4. The number of carboxylic acids is 1. The Kier molecular flexibility index (Phi) is 6.76. The molecular weight excluding hydrogens is 387 g/mol. The third-order valence-corrected chi connectivity index (χ3v) is 5.81. The summed E-state index contributed by atoms with van der Waals surface area (Å²) in [7, 11) is -3.18. The number of aliphatic carboxylic acids is 1. The minimum Gasteiger partial charge on any atom is -0.508 e. The number of carbonyl (C=O) groups is 1. The number of sulfone groups is 1. The fourth-order valence-electron chi connectivity index (χ4n) is 2.47. The number of nitrogens with one attached hydrogen (secondary N) is 1. The number of hydrogen-bond donors (Lipinski definition) is 4. The molecule has 3 rings (SSSR count). The first-order valence-electron chi connectivity index (χ1n) is 8.39. The van der Waals surface area contributed by atoms with E-state index >= 15 is 0 Å². The topological polar surface area (TPSA) is 133 Å². The molecule has 7 nitrogen and oxygen atoms in total. The van der Waals surface area contributed by atoms with Crippen molar-refractivity contribution in [1.82, 2.24) is 4.98 Å². The van der Waals surface area contributed by atoms with Gasteiger partial charge in [0.25, 0.3) is 0 Å². The summed E-state index contributed by atoms with van der Waals surface area (Å²) in [5, 5.41) is 18.9. The highest BCUT2D eigenvalue weighted by molar-refractivity contribution is 7.91. The first-order chi connectivity index (χ1) is 13.1. The van der Waals surface area contributed by atoms with Crippen LogP contribution in [0, 0.1) is 5.82 Å². The number of rotatable bonds is 5. The number of halogens is 1. The number of aromatic hydroxyl groups is 1. The van der Waals surface area contributed by atoms with Crippen molar-refractivity contribution >= 4 is 26.7 Å². The molecule has 0 radical (unpaired) electrons. The van der Waals surface area contributed by atoms with Gasteiger partial charge in [0.15, 0.2) is 9.84 Å². The second-order valence-electron chi connectivity index (χ2n) is 6.05. The number of phenols is 1. The van der Waals surface area contributed by atoms with Crippen LogP contribution in [0.15, 0.2) is 53.6 Å². The molecular formula is C19H21FN2O5S. The van der Waals surface area contributed by atoms with Gasteiger partial charge in [0.05, 0.1) is 10.6 Å². The fourth-order valence-corrected chi connectivity index (χ4v) is 3.35. The molecule has 9 heteroatoms. The van der Waals surface area contributed by atoms with Crippen molar-refractivity contribution in [2.75, 3.05) is 5.75 Å². The van der Waals surface area contributed by atoms with E-state index in [1.54, 1.807) is 31.3 Å². The molecule has 0 aliphatic heterocycles. The highest BCUT2D eigenvalue weighted by Gasteiger charge is 2.15. The number of carboxylic acid groups (broad SMARTS) is 1. The van der Waals surface area contributed by atoms with Crippen LogP contribution >= 0.6 is 0 Å². The molecule has 5 N–H and O–H groups in total. The monoisotopic (exact) mass is 408 g/mol. The van der Waals surface area contributed by atoms with E-state index in [0.717, 1.165) is 28.6 Å². The number of benzene rings is 2. The average Bonchev–Trinajstić information content (AvgIpc) is 3.04. The van der Waals surface area contributed by atoms with Crippen molar-refractivity contribution in [3.8, 4) is 5.75 Å². The molecule has 3 aromatic rings. The summed E-state index contributed by atoms with van der Waals surface area (Å²) in [4.78, 5) is 13.8. The van der Waals surface area contributed by atoms with Crippen LogP contribution in [0.5, 0.6) is 5.75 Å². The van der Waals surface area contributed by atoms with Gasteiger partial charge in [-0.25, -0.2) is 12.8 Å². The Morgan fingerprint density at radius 3 is 2.43 bits per heavy atom.